The second kappa shape index (κ2) is 7.88. The maximum atomic E-state index is 3.60. The van der Waals surface area contributed by atoms with Crippen molar-refractivity contribution in [1.29, 1.82) is 0 Å². The van der Waals surface area contributed by atoms with Gasteiger partial charge in [-0.2, -0.15) is 6.42 Å². The van der Waals surface area contributed by atoms with E-state index in [2.05, 4.69) is 23.6 Å². The number of hydrogen-bond donors (Lipinski definition) is 0. The monoisotopic (exact) mass is 176 g/mol. The third-order valence-electron chi connectivity index (χ3n) is 2.55. The minimum atomic E-state index is 0. The quantitative estimate of drug-likeness (QED) is 0.345. The first-order chi connectivity index (χ1) is 5.86. The summed E-state index contributed by atoms with van der Waals surface area (Å²) < 4.78 is 0. The van der Waals surface area contributed by atoms with Crippen molar-refractivity contribution >= 4 is 0 Å². The Hall–Kier alpha value is 0.517. The Morgan fingerprint density at radius 1 is 0.923 bits per heavy atom. The van der Waals surface area contributed by atoms with Gasteiger partial charge in [0.05, 0.1) is 0 Å². The van der Waals surface area contributed by atoms with Gasteiger partial charge in [0.15, 0.2) is 0 Å². The van der Waals surface area contributed by atoms with Gasteiger partial charge in [-0.05, 0) is 0 Å². The van der Waals surface area contributed by atoms with Crippen molar-refractivity contribution in [3.63, 3.8) is 0 Å². The Balaban J connectivity index is 0.000000256. The van der Waals surface area contributed by atoms with Crippen LogP contribution < -0.4 is 18.9 Å². The zero-order chi connectivity index (χ0) is 8.81. The van der Waals surface area contributed by atoms with Gasteiger partial charge in [0.25, 0.3) is 0 Å². The van der Waals surface area contributed by atoms with E-state index in [1.165, 1.54) is 45.7 Å². The maximum absolute atomic E-state index is 3.60. The topological polar surface area (TPSA) is 6.48 Å². The first-order valence-corrected chi connectivity index (χ1v) is 5.10. The number of rotatable bonds is 1. The number of nitrogens with zero attached hydrogens (tertiary/aromatic N) is 2. The molecule has 0 aromatic heterocycles. The molecule has 3 fully saturated rings. The molecule has 0 aromatic rings. The molecule has 72 valence electrons. The summed E-state index contributed by atoms with van der Waals surface area (Å²) in [7, 11) is 0. The standard InChI is InChI=1S/C6H12N2.C4H9.Li/c1-2-8-5-3-7(1)4-6-8;1-3-4-2;/h1-6H2;1,3-4H2,2H3;/q;-1;+1. The predicted octanol–water partition coefficient (Wildman–Crippen LogP) is -1.76. The van der Waals surface area contributed by atoms with Crippen LogP contribution in [0.15, 0.2) is 0 Å². The molecular formula is C10H21LiN2. The smallest absolute Gasteiger partial charge is 0.343 e. The number of hydrogen-bond acceptors (Lipinski definition) is 2. The Morgan fingerprint density at radius 3 is 1.23 bits per heavy atom. The fraction of sp³-hybridized carbons (Fsp3) is 0.900. The van der Waals surface area contributed by atoms with Crippen LogP contribution in [-0.2, 0) is 0 Å². The summed E-state index contributed by atoms with van der Waals surface area (Å²) in [6.45, 7) is 13.6. The summed E-state index contributed by atoms with van der Waals surface area (Å²) >= 11 is 0. The summed E-state index contributed by atoms with van der Waals surface area (Å²) in [6.07, 6.45) is 2.28. The number of piperazine rings is 3. The Labute approximate surface area is 94.8 Å². The van der Waals surface area contributed by atoms with E-state index in [1.54, 1.807) is 0 Å². The van der Waals surface area contributed by atoms with E-state index in [-0.39, 0.29) is 18.9 Å². The molecule has 3 heteroatoms. The molecule has 2 bridgehead atoms. The van der Waals surface area contributed by atoms with Crippen molar-refractivity contribution in [3.05, 3.63) is 6.92 Å². The van der Waals surface area contributed by atoms with Gasteiger partial charge in [-0.1, -0.05) is 13.3 Å². The third kappa shape index (κ3) is 5.08. The van der Waals surface area contributed by atoms with Crippen LogP contribution in [-0.4, -0.2) is 49.1 Å². The Morgan fingerprint density at radius 2 is 1.15 bits per heavy atom. The maximum Gasteiger partial charge on any atom is 1.00 e. The Kier molecular flexibility index (Phi) is 8.19. The largest absolute Gasteiger partial charge is 1.00 e. The van der Waals surface area contributed by atoms with E-state index < -0.39 is 0 Å². The van der Waals surface area contributed by atoms with E-state index in [0.717, 1.165) is 6.42 Å². The van der Waals surface area contributed by atoms with Gasteiger partial charge >= 0.3 is 18.9 Å². The molecule has 0 atom stereocenters. The molecule has 0 aliphatic carbocycles. The summed E-state index contributed by atoms with van der Waals surface area (Å²) in [4.78, 5) is 5.08. The van der Waals surface area contributed by atoms with Crippen LogP contribution in [0.1, 0.15) is 19.8 Å². The second-order valence-electron chi connectivity index (χ2n) is 3.54. The van der Waals surface area contributed by atoms with Crippen molar-refractivity contribution in [2.75, 3.05) is 39.3 Å². The first kappa shape index (κ1) is 13.5. The number of unbranched alkanes of at least 4 members (excludes halogenated alkanes) is 1. The number of fused-ring (bicyclic) bond motifs is 3. The molecule has 0 spiro atoms. The van der Waals surface area contributed by atoms with Crippen LogP contribution >= 0.6 is 0 Å². The van der Waals surface area contributed by atoms with E-state index >= 15 is 0 Å². The molecule has 3 saturated heterocycles. The van der Waals surface area contributed by atoms with Crippen LogP contribution in [0.3, 0.4) is 0 Å². The fourth-order valence-electron chi connectivity index (χ4n) is 1.52. The molecule has 3 aliphatic rings. The van der Waals surface area contributed by atoms with Gasteiger partial charge in [0, 0.05) is 39.3 Å². The van der Waals surface area contributed by atoms with Gasteiger partial charge in [-0.25, -0.2) is 0 Å². The second-order valence-corrected chi connectivity index (χ2v) is 3.54. The summed E-state index contributed by atoms with van der Waals surface area (Å²) in [5.41, 5.74) is 0. The van der Waals surface area contributed by atoms with E-state index in [9.17, 15) is 0 Å². The minimum absolute atomic E-state index is 0. The van der Waals surface area contributed by atoms with Gasteiger partial charge in [0.1, 0.15) is 0 Å². The van der Waals surface area contributed by atoms with Crippen LogP contribution in [0.25, 0.3) is 0 Å². The summed E-state index contributed by atoms with van der Waals surface area (Å²) in [6, 6.07) is 0. The molecule has 3 heterocycles. The molecule has 0 radical (unpaired) electrons. The molecule has 0 amide bonds. The van der Waals surface area contributed by atoms with Crippen LogP contribution in [0.4, 0.5) is 0 Å². The predicted molar refractivity (Wildman–Crippen MR) is 53.1 cm³/mol. The van der Waals surface area contributed by atoms with Crippen LogP contribution in [0.5, 0.6) is 0 Å². The molecule has 3 aliphatic heterocycles. The van der Waals surface area contributed by atoms with Crippen molar-refractivity contribution in [3.8, 4) is 0 Å². The van der Waals surface area contributed by atoms with Crippen molar-refractivity contribution in [1.82, 2.24) is 9.80 Å². The van der Waals surface area contributed by atoms with Crippen molar-refractivity contribution < 1.29 is 18.9 Å². The summed E-state index contributed by atoms with van der Waals surface area (Å²) in [5, 5.41) is 0. The van der Waals surface area contributed by atoms with Gasteiger partial charge in [-0.3, -0.25) is 9.80 Å². The van der Waals surface area contributed by atoms with Gasteiger partial charge < -0.3 is 6.92 Å². The molecular weight excluding hydrogens is 155 g/mol. The van der Waals surface area contributed by atoms with Crippen molar-refractivity contribution in [2.45, 2.75) is 19.8 Å². The average molecular weight is 176 g/mol. The zero-order valence-corrected chi connectivity index (χ0v) is 9.26. The molecule has 3 rings (SSSR count). The van der Waals surface area contributed by atoms with Crippen LogP contribution in [0, 0.1) is 6.92 Å². The van der Waals surface area contributed by atoms with Gasteiger partial charge in [0.2, 0.25) is 0 Å². The molecule has 0 saturated carbocycles. The van der Waals surface area contributed by atoms with E-state index in [1.807, 2.05) is 0 Å². The molecule has 0 aromatic carbocycles. The zero-order valence-electron chi connectivity index (χ0n) is 9.26. The molecule has 0 unspecified atom stereocenters. The van der Waals surface area contributed by atoms with Crippen LogP contribution in [0.2, 0.25) is 0 Å². The molecule has 2 nitrogen and oxygen atoms in total. The normalized spacial score (nSPS) is 30.0. The SMILES string of the molecule is C1CN2CCN1CC2.[CH2-]CCC.[Li+]. The first-order valence-electron chi connectivity index (χ1n) is 5.10. The fourth-order valence-corrected chi connectivity index (χ4v) is 1.52. The van der Waals surface area contributed by atoms with E-state index in [0.29, 0.717) is 0 Å². The molecule has 13 heavy (non-hydrogen) atoms. The average Bonchev–Trinajstić information content (AvgIpc) is 2.21. The summed E-state index contributed by atoms with van der Waals surface area (Å²) in [5.74, 6) is 0. The third-order valence-corrected chi connectivity index (χ3v) is 2.55. The molecule has 0 N–H and O–H groups in total. The minimum Gasteiger partial charge on any atom is -0.343 e. The van der Waals surface area contributed by atoms with Crippen molar-refractivity contribution in [2.24, 2.45) is 0 Å². The Bertz CT molecular complexity index is 86.5. The van der Waals surface area contributed by atoms with E-state index in [4.69, 9.17) is 0 Å². The van der Waals surface area contributed by atoms with Gasteiger partial charge in [-0.15, -0.1) is 0 Å².